The third-order valence-electron chi connectivity index (χ3n) is 2.37. The number of H-pyrrole nitrogens is 1. The lowest BCUT2D eigenvalue weighted by Gasteiger charge is -2.02. The number of nitrogens with one attached hydrogen (secondary N) is 2. The summed E-state index contributed by atoms with van der Waals surface area (Å²) in [4.78, 5) is 24.0. The zero-order valence-corrected chi connectivity index (χ0v) is 9.16. The Kier molecular flexibility index (Phi) is 3.24. The van der Waals surface area contributed by atoms with Crippen LogP contribution in [0.5, 0.6) is 0 Å². The van der Waals surface area contributed by atoms with Gasteiger partial charge < -0.3 is 15.5 Å². The summed E-state index contributed by atoms with van der Waals surface area (Å²) in [5, 5.41) is 2.92. The van der Waals surface area contributed by atoms with Crippen molar-refractivity contribution in [3.05, 3.63) is 34.3 Å². The lowest BCUT2D eigenvalue weighted by molar-refractivity contribution is -0.117. The largest absolute Gasteiger partial charge is 0.417 e. The Balaban J connectivity index is 1.99. The number of hydrogen-bond donors (Lipinski definition) is 3. The van der Waals surface area contributed by atoms with Crippen LogP contribution in [-0.2, 0) is 11.2 Å². The van der Waals surface area contributed by atoms with E-state index in [4.69, 9.17) is 10.2 Å². The first-order valence-corrected chi connectivity index (χ1v) is 5.26. The molecule has 6 nitrogen and oxygen atoms in total. The number of benzene rings is 1. The number of fused-ring (bicyclic) bond motifs is 1. The van der Waals surface area contributed by atoms with Gasteiger partial charge in [0.25, 0.3) is 0 Å². The first-order valence-electron chi connectivity index (χ1n) is 5.26. The van der Waals surface area contributed by atoms with Gasteiger partial charge in [0.1, 0.15) is 0 Å². The third kappa shape index (κ3) is 2.94. The molecule has 17 heavy (non-hydrogen) atoms. The quantitative estimate of drug-likeness (QED) is 0.621. The Hall–Kier alpha value is -2.08. The van der Waals surface area contributed by atoms with E-state index < -0.39 is 5.76 Å². The summed E-state index contributed by atoms with van der Waals surface area (Å²) in [6, 6.07) is 5.48. The summed E-state index contributed by atoms with van der Waals surface area (Å²) in [5.41, 5.74) is 7.27. The maximum Gasteiger partial charge on any atom is 0.417 e. The predicted octanol–water partition coefficient (Wildman–Crippen LogP) is -0.261. The van der Waals surface area contributed by atoms with Crippen molar-refractivity contribution in [1.82, 2.24) is 10.3 Å². The fourth-order valence-corrected chi connectivity index (χ4v) is 1.60. The molecule has 0 fully saturated rings. The molecule has 90 valence electrons. The first-order chi connectivity index (χ1) is 8.15. The normalized spacial score (nSPS) is 10.8. The van der Waals surface area contributed by atoms with Gasteiger partial charge in [0.15, 0.2) is 5.58 Å². The maximum atomic E-state index is 10.9. The molecule has 0 unspecified atom stereocenters. The van der Waals surface area contributed by atoms with Crippen molar-refractivity contribution in [2.45, 2.75) is 6.42 Å². The molecule has 0 aliphatic rings. The summed E-state index contributed by atoms with van der Waals surface area (Å²) in [7, 11) is 0. The fourth-order valence-electron chi connectivity index (χ4n) is 1.60. The highest BCUT2D eigenvalue weighted by atomic mass is 16.4. The highest BCUT2D eigenvalue weighted by Gasteiger charge is 2.02. The molecule has 2 aromatic rings. The van der Waals surface area contributed by atoms with Gasteiger partial charge in [-0.15, -0.1) is 0 Å². The van der Waals surface area contributed by atoms with Gasteiger partial charge in [0, 0.05) is 0 Å². The summed E-state index contributed by atoms with van der Waals surface area (Å²) in [5.74, 6) is -0.830. The van der Waals surface area contributed by atoms with Gasteiger partial charge in [-0.1, -0.05) is 6.07 Å². The Morgan fingerprint density at radius 1 is 1.47 bits per heavy atom. The molecule has 0 aliphatic carbocycles. The van der Waals surface area contributed by atoms with E-state index in [2.05, 4.69) is 10.3 Å². The molecule has 1 amide bonds. The number of primary amides is 1. The van der Waals surface area contributed by atoms with E-state index in [-0.39, 0.29) is 12.5 Å². The maximum absolute atomic E-state index is 10.9. The van der Waals surface area contributed by atoms with Crippen molar-refractivity contribution < 1.29 is 9.21 Å². The number of aromatic nitrogens is 1. The van der Waals surface area contributed by atoms with Gasteiger partial charge in [-0.25, -0.2) is 4.79 Å². The molecule has 1 aromatic heterocycles. The third-order valence-corrected chi connectivity index (χ3v) is 2.37. The first kappa shape index (κ1) is 11.4. The summed E-state index contributed by atoms with van der Waals surface area (Å²) >= 11 is 0. The molecule has 0 saturated carbocycles. The average Bonchev–Trinajstić information content (AvgIpc) is 2.63. The zero-order valence-electron chi connectivity index (χ0n) is 9.16. The zero-order chi connectivity index (χ0) is 12.3. The molecule has 4 N–H and O–H groups in total. The van der Waals surface area contributed by atoms with Crippen LogP contribution >= 0.6 is 0 Å². The van der Waals surface area contributed by atoms with Crippen LogP contribution in [0.1, 0.15) is 5.56 Å². The second kappa shape index (κ2) is 4.84. The lowest BCUT2D eigenvalue weighted by atomic mass is 10.1. The second-order valence-corrected chi connectivity index (χ2v) is 3.74. The Bertz CT molecular complexity index is 585. The number of oxazole rings is 1. The predicted molar refractivity (Wildman–Crippen MR) is 62.6 cm³/mol. The van der Waals surface area contributed by atoms with Gasteiger partial charge in [0.2, 0.25) is 5.91 Å². The molecule has 0 atom stereocenters. The monoisotopic (exact) mass is 235 g/mol. The molecule has 0 radical (unpaired) electrons. The molecule has 0 aliphatic heterocycles. The molecule has 1 aromatic carbocycles. The van der Waals surface area contributed by atoms with Crippen LogP contribution in [0.2, 0.25) is 0 Å². The van der Waals surface area contributed by atoms with Gasteiger partial charge >= 0.3 is 5.76 Å². The van der Waals surface area contributed by atoms with Crippen LogP contribution in [0.25, 0.3) is 11.1 Å². The number of aromatic amines is 1. The van der Waals surface area contributed by atoms with Crippen molar-refractivity contribution in [3.8, 4) is 0 Å². The minimum absolute atomic E-state index is 0.171. The van der Waals surface area contributed by atoms with Gasteiger partial charge in [-0.05, 0) is 30.7 Å². The number of carbonyl (C=O) groups is 1. The minimum Gasteiger partial charge on any atom is -0.408 e. The number of amides is 1. The van der Waals surface area contributed by atoms with E-state index >= 15 is 0 Å². The van der Waals surface area contributed by atoms with Crippen LogP contribution in [0, 0.1) is 0 Å². The number of carbonyl (C=O) groups excluding carboxylic acids is 1. The summed E-state index contributed by atoms with van der Waals surface area (Å²) in [6.07, 6.45) is 0.746. The van der Waals surface area contributed by atoms with E-state index in [1.54, 1.807) is 6.07 Å². The fraction of sp³-hybridized carbons (Fsp3) is 0.273. The number of hydrogen-bond acceptors (Lipinski definition) is 4. The van der Waals surface area contributed by atoms with Crippen LogP contribution < -0.4 is 16.8 Å². The highest BCUT2D eigenvalue weighted by Crippen LogP contribution is 2.12. The SMILES string of the molecule is NC(=O)CNCCc1ccc2oc(=O)[nH]c2c1. The summed E-state index contributed by atoms with van der Waals surface area (Å²) in [6.45, 7) is 0.821. The summed E-state index contributed by atoms with van der Waals surface area (Å²) < 4.78 is 4.89. The van der Waals surface area contributed by atoms with Gasteiger partial charge in [-0.3, -0.25) is 9.78 Å². The van der Waals surface area contributed by atoms with Crippen molar-refractivity contribution in [1.29, 1.82) is 0 Å². The smallest absolute Gasteiger partial charge is 0.408 e. The molecule has 0 saturated heterocycles. The molecule has 0 spiro atoms. The van der Waals surface area contributed by atoms with Crippen LogP contribution in [0.15, 0.2) is 27.4 Å². The van der Waals surface area contributed by atoms with E-state index in [0.717, 1.165) is 12.0 Å². The van der Waals surface area contributed by atoms with Crippen molar-refractivity contribution in [2.75, 3.05) is 13.1 Å². The van der Waals surface area contributed by atoms with Gasteiger partial charge in [-0.2, -0.15) is 0 Å². The number of nitrogens with two attached hydrogens (primary N) is 1. The Labute approximate surface area is 96.8 Å². The second-order valence-electron chi connectivity index (χ2n) is 3.74. The van der Waals surface area contributed by atoms with Gasteiger partial charge in [0.05, 0.1) is 12.1 Å². The van der Waals surface area contributed by atoms with E-state index in [0.29, 0.717) is 17.6 Å². The Morgan fingerprint density at radius 2 is 2.29 bits per heavy atom. The molecular weight excluding hydrogens is 222 g/mol. The lowest BCUT2D eigenvalue weighted by Crippen LogP contribution is -2.29. The minimum atomic E-state index is -0.455. The average molecular weight is 235 g/mol. The van der Waals surface area contributed by atoms with Crippen LogP contribution in [0.3, 0.4) is 0 Å². The standard InChI is InChI=1S/C11H13N3O3/c12-10(15)6-13-4-3-7-1-2-9-8(5-7)14-11(16)17-9/h1-2,5,13H,3-4,6H2,(H2,12,15)(H,14,16). The van der Waals surface area contributed by atoms with E-state index in [1.165, 1.54) is 0 Å². The molecular formula is C11H13N3O3. The molecule has 1 heterocycles. The van der Waals surface area contributed by atoms with E-state index in [1.807, 2.05) is 12.1 Å². The van der Waals surface area contributed by atoms with Crippen LogP contribution in [0.4, 0.5) is 0 Å². The van der Waals surface area contributed by atoms with E-state index in [9.17, 15) is 9.59 Å². The van der Waals surface area contributed by atoms with Crippen molar-refractivity contribution >= 4 is 17.0 Å². The topological polar surface area (TPSA) is 101 Å². The molecule has 2 rings (SSSR count). The van der Waals surface area contributed by atoms with Crippen LogP contribution in [-0.4, -0.2) is 24.0 Å². The number of rotatable bonds is 5. The highest BCUT2D eigenvalue weighted by molar-refractivity contribution is 5.75. The molecule has 6 heteroatoms. The molecule has 0 bridgehead atoms. The Morgan fingerprint density at radius 3 is 3.06 bits per heavy atom. The van der Waals surface area contributed by atoms with Crippen molar-refractivity contribution in [3.63, 3.8) is 0 Å². The van der Waals surface area contributed by atoms with Crippen molar-refractivity contribution in [2.24, 2.45) is 5.73 Å².